The Labute approximate surface area is 143 Å². The smallest absolute Gasteiger partial charge is 0.335 e. The first-order chi connectivity index (χ1) is 11.7. The lowest BCUT2D eigenvalue weighted by Crippen LogP contribution is -2.38. The molecule has 1 atom stereocenters. The minimum Gasteiger partial charge on any atom is -0.478 e. The molecule has 5 heteroatoms. The van der Waals surface area contributed by atoms with Gasteiger partial charge < -0.3 is 14.6 Å². The van der Waals surface area contributed by atoms with Crippen LogP contribution in [0, 0.1) is 0 Å². The van der Waals surface area contributed by atoms with E-state index in [1.54, 1.807) is 12.1 Å². The first-order valence-electron chi connectivity index (χ1n) is 8.98. The van der Waals surface area contributed by atoms with Crippen molar-refractivity contribution in [3.05, 3.63) is 35.4 Å². The van der Waals surface area contributed by atoms with Gasteiger partial charge in [-0.2, -0.15) is 0 Å². The molecule has 2 aliphatic rings. The number of aromatic carboxylic acids is 1. The average molecular weight is 333 g/mol. The third-order valence-corrected chi connectivity index (χ3v) is 4.91. The van der Waals surface area contributed by atoms with Crippen molar-refractivity contribution in [3.8, 4) is 0 Å². The predicted molar refractivity (Wildman–Crippen MR) is 91.2 cm³/mol. The zero-order valence-electron chi connectivity index (χ0n) is 14.2. The highest BCUT2D eigenvalue weighted by Crippen LogP contribution is 2.19. The number of nitrogens with zero attached hydrogens (tertiary/aromatic N) is 1. The number of carboxylic acid groups (broad SMARTS) is 1. The van der Waals surface area contributed by atoms with Gasteiger partial charge in [-0.1, -0.05) is 12.1 Å². The van der Waals surface area contributed by atoms with Crippen LogP contribution in [-0.2, 0) is 16.0 Å². The predicted octanol–water partition coefficient (Wildman–Crippen LogP) is 2.93. The van der Waals surface area contributed by atoms with Gasteiger partial charge in [-0.3, -0.25) is 4.90 Å². The summed E-state index contributed by atoms with van der Waals surface area (Å²) in [5, 5.41) is 9.08. The lowest BCUT2D eigenvalue weighted by atomic mass is 10.1. The summed E-state index contributed by atoms with van der Waals surface area (Å²) < 4.78 is 11.8. The lowest BCUT2D eigenvalue weighted by molar-refractivity contribution is -0.0753. The summed E-state index contributed by atoms with van der Waals surface area (Å²) in [6, 6.07) is 7.22. The van der Waals surface area contributed by atoms with Gasteiger partial charge in [-0.25, -0.2) is 4.79 Å². The van der Waals surface area contributed by atoms with E-state index in [4.69, 9.17) is 14.6 Å². The molecule has 0 radical (unpaired) electrons. The van der Waals surface area contributed by atoms with Gasteiger partial charge in [0.1, 0.15) is 0 Å². The second kappa shape index (κ2) is 8.60. The molecule has 3 rings (SSSR count). The fourth-order valence-electron chi connectivity index (χ4n) is 3.48. The Morgan fingerprint density at radius 2 is 2.08 bits per heavy atom. The highest BCUT2D eigenvalue weighted by Gasteiger charge is 2.22. The van der Waals surface area contributed by atoms with Gasteiger partial charge in [0.25, 0.3) is 0 Å². The van der Waals surface area contributed by atoms with Gasteiger partial charge in [0.05, 0.1) is 24.4 Å². The van der Waals surface area contributed by atoms with Gasteiger partial charge in [0, 0.05) is 26.2 Å². The van der Waals surface area contributed by atoms with E-state index in [0.29, 0.717) is 11.7 Å². The van der Waals surface area contributed by atoms with E-state index in [0.717, 1.165) is 57.7 Å². The second-order valence-corrected chi connectivity index (χ2v) is 6.80. The molecule has 5 nitrogen and oxygen atoms in total. The molecule has 1 N–H and O–H groups in total. The molecule has 0 aromatic heterocycles. The molecular weight excluding hydrogens is 306 g/mol. The number of likely N-dealkylation sites (tertiary alicyclic amines) is 1. The zero-order chi connectivity index (χ0) is 16.8. The fourth-order valence-corrected chi connectivity index (χ4v) is 3.48. The summed E-state index contributed by atoms with van der Waals surface area (Å²) in [6.07, 6.45) is 6.24. The number of carbonyl (C=O) groups is 1. The van der Waals surface area contributed by atoms with Crippen LogP contribution in [0.1, 0.15) is 48.0 Å². The molecule has 132 valence electrons. The van der Waals surface area contributed by atoms with Crippen LogP contribution in [0.4, 0.5) is 0 Å². The highest BCUT2D eigenvalue weighted by molar-refractivity contribution is 5.87. The molecule has 2 aliphatic heterocycles. The first-order valence-corrected chi connectivity index (χ1v) is 8.98. The quantitative estimate of drug-likeness (QED) is 0.867. The highest BCUT2D eigenvalue weighted by atomic mass is 16.5. The van der Waals surface area contributed by atoms with Crippen LogP contribution < -0.4 is 0 Å². The Morgan fingerprint density at radius 1 is 1.25 bits per heavy atom. The van der Waals surface area contributed by atoms with Gasteiger partial charge >= 0.3 is 5.97 Å². The summed E-state index contributed by atoms with van der Waals surface area (Å²) in [5.74, 6) is -0.867. The van der Waals surface area contributed by atoms with Crippen molar-refractivity contribution < 1.29 is 19.4 Å². The molecule has 0 saturated carbocycles. The van der Waals surface area contributed by atoms with Crippen LogP contribution in [0.25, 0.3) is 0 Å². The summed E-state index contributed by atoms with van der Waals surface area (Å²) in [5.41, 5.74) is 1.42. The maximum atomic E-state index is 11.1. The second-order valence-electron chi connectivity index (χ2n) is 6.80. The SMILES string of the molecule is O=C(O)c1cccc(CN2CCC(OCC3CCCCO3)CC2)c1. The molecule has 1 aromatic carbocycles. The minimum absolute atomic E-state index is 0.288. The van der Waals surface area contributed by atoms with Crippen LogP contribution >= 0.6 is 0 Å². The molecule has 0 bridgehead atoms. The first kappa shape index (κ1) is 17.4. The normalized spacial score (nSPS) is 23.2. The summed E-state index contributed by atoms with van der Waals surface area (Å²) in [6.45, 7) is 4.40. The van der Waals surface area contributed by atoms with E-state index in [2.05, 4.69) is 4.90 Å². The average Bonchev–Trinajstić information content (AvgIpc) is 2.62. The Hall–Kier alpha value is -1.43. The Balaban J connectivity index is 1.40. The van der Waals surface area contributed by atoms with Crippen molar-refractivity contribution in [3.63, 3.8) is 0 Å². The Kier molecular flexibility index (Phi) is 6.24. The number of hydrogen-bond donors (Lipinski definition) is 1. The Bertz CT molecular complexity index is 534. The number of carboxylic acids is 1. The van der Waals surface area contributed by atoms with Crippen LogP contribution in [0.5, 0.6) is 0 Å². The van der Waals surface area contributed by atoms with Gasteiger partial charge in [-0.05, 0) is 49.8 Å². The molecule has 0 aliphatic carbocycles. The van der Waals surface area contributed by atoms with Gasteiger partial charge in [0.2, 0.25) is 0 Å². The van der Waals surface area contributed by atoms with Crippen LogP contribution in [0.2, 0.25) is 0 Å². The van der Waals surface area contributed by atoms with E-state index in [1.165, 1.54) is 12.8 Å². The third-order valence-electron chi connectivity index (χ3n) is 4.91. The van der Waals surface area contributed by atoms with E-state index < -0.39 is 5.97 Å². The lowest BCUT2D eigenvalue weighted by Gasteiger charge is -2.33. The number of ether oxygens (including phenoxy) is 2. The largest absolute Gasteiger partial charge is 0.478 e. The molecule has 1 aromatic rings. The van der Waals surface area contributed by atoms with Crippen molar-refractivity contribution in [2.45, 2.75) is 50.9 Å². The molecule has 2 fully saturated rings. The van der Waals surface area contributed by atoms with Gasteiger partial charge in [0.15, 0.2) is 0 Å². The monoisotopic (exact) mass is 333 g/mol. The minimum atomic E-state index is -0.867. The number of rotatable bonds is 6. The van der Waals surface area contributed by atoms with E-state index in [-0.39, 0.29) is 6.10 Å². The topological polar surface area (TPSA) is 59.0 Å². The van der Waals surface area contributed by atoms with Crippen molar-refractivity contribution >= 4 is 5.97 Å². The third kappa shape index (κ3) is 5.03. The number of piperidine rings is 1. The van der Waals surface area contributed by atoms with E-state index >= 15 is 0 Å². The van der Waals surface area contributed by atoms with Gasteiger partial charge in [-0.15, -0.1) is 0 Å². The molecule has 1 unspecified atom stereocenters. The van der Waals surface area contributed by atoms with E-state index in [1.807, 2.05) is 12.1 Å². The Morgan fingerprint density at radius 3 is 2.79 bits per heavy atom. The van der Waals surface area contributed by atoms with Crippen LogP contribution in [-0.4, -0.2) is 54.5 Å². The summed E-state index contributed by atoms with van der Waals surface area (Å²) >= 11 is 0. The number of benzene rings is 1. The standard InChI is InChI=1S/C19H27NO4/c21-19(22)16-5-3-4-15(12-16)13-20-9-7-17(8-10-20)24-14-18-6-1-2-11-23-18/h3-5,12,17-18H,1-2,6-11,13-14H2,(H,21,22). The van der Waals surface area contributed by atoms with E-state index in [9.17, 15) is 4.79 Å². The molecular formula is C19H27NO4. The van der Waals surface area contributed by atoms with Crippen molar-refractivity contribution in [2.75, 3.05) is 26.3 Å². The van der Waals surface area contributed by atoms with Crippen LogP contribution in [0.3, 0.4) is 0 Å². The van der Waals surface area contributed by atoms with Crippen molar-refractivity contribution in [1.29, 1.82) is 0 Å². The zero-order valence-corrected chi connectivity index (χ0v) is 14.2. The molecule has 2 saturated heterocycles. The van der Waals surface area contributed by atoms with Crippen molar-refractivity contribution in [1.82, 2.24) is 4.90 Å². The molecule has 2 heterocycles. The summed E-state index contributed by atoms with van der Waals surface area (Å²) in [7, 11) is 0. The molecule has 0 amide bonds. The fraction of sp³-hybridized carbons (Fsp3) is 0.632. The van der Waals surface area contributed by atoms with Crippen LogP contribution in [0.15, 0.2) is 24.3 Å². The molecule has 0 spiro atoms. The molecule has 24 heavy (non-hydrogen) atoms. The number of hydrogen-bond acceptors (Lipinski definition) is 4. The maximum absolute atomic E-state index is 11.1. The van der Waals surface area contributed by atoms with Crippen molar-refractivity contribution in [2.24, 2.45) is 0 Å². The summed E-state index contributed by atoms with van der Waals surface area (Å²) in [4.78, 5) is 13.4. The maximum Gasteiger partial charge on any atom is 0.335 e.